The first kappa shape index (κ1) is 9.09. The first-order valence-corrected chi connectivity index (χ1v) is 4.95. The zero-order valence-electron chi connectivity index (χ0n) is 8.35. The third-order valence-electron chi connectivity index (χ3n) is 2.41. The molecule has 0 saturated carbocycles. The van der Waals surface area contributed by atoms with Crippen LogP contribution in [0.5, 0.6) is 11.5 Å². The minimum Gasteiger partial charge on any atom is -0.454 e. The number of ether oxygens (including phenoxy) is 1. The highest BCUT2D eigenvalue weighted by Gasteiger charge is 2.16. The number of aliphatic imine (C=N–C) groups is 1. The van der Waals surface area contributed by atoms with Gasteiger partial charge in [0.15, 0.2) is 5.75 Å². The lowest BCUT2D eigenvalue weighted by atomic mass is 10.2. The van der Waals surface area contributed by atoms with Crippen LogP contribution in [0.3, 0.4) is 0 Å². The highest BCUT2D eigenvalue weighted by atomic mass is 19.1. The summed E-state index contributed by atoms with van der Waals surface area (Å²) in [5.41, 5.74) is 0.898. The molecule has 0 amide bonds. The van der Waals surface area contributed by atoms with E-state index >= 15 is 0 Å². The molecule has 78 valence electrons. The Hall–Kier alpha value is -2.16. The number of nitrogens with zero attached hydrogens (tertiary/aromatic N) is 1. The second-order valence-corrected chi connectivity index (χ2v) is 3.47. The molecule has 3 rings (SSSR count). The number of para-hydroxylation sites is 3. The van der Waals surface area contributed by atoms with Crippen LogP contribution in [0.2, 0.25) is 0 Å². The van der Waals surface area contributed by atoms with Gasteiger partial charge >= 0.3 is 0 Å². The number of rotatable bonds is 0. The van der Waals surface area contributed by atoms with Gasteiger partial charge in [0, 0.05) is 0 Å². The van der Waals surface area contributed by atoms with Crippen molar-refractivity contribution in [2.45, 2.75) is 0 Å². The number of halogens is 1. The van der Waals surface area contributed by atoms with Crippen molar-refractivity contribution < 1.29 is 9.13 Å². The van der Waals surface area contributed by atoms with Crippen LogP contribution < -0.4 is 4.74 Å². The van der Waals surface area contributed by atoms with E-state index in [4.69, 9.17) is 4.74 Å². The van der Waals surface area contributed by atoms with E-state index in [1.54, 1.807) is 42.5 Å². The fourth-order valence-electron chi connectivity index (χ4n) is 1.65. The van der Waals surface area contributed by atoms with Crippen LogP contribution in [0.4, 0.5) is 10.1 Å². The topological polar surface area (TPSA) is 21.6 Å². The van der Waals surface area contributed by atoms with Crippen molar-refractivity contribution in [3.8, 4) is 11.5 Å². The minimum absolute atomic E-state index is 0.388. The molecule has 2 aromatic rings. The molecule has 0 unspecified atom stereocenters. The Bertz CT molecular complexity index is 578. The zero-order chi connectivity index (χ0) is 11.0. The number of hydrogen-bond acceptors (Lipinski definition) is 2. The van der Waals surface area contributed by atoms with Gasteiger partial charge in [-0.2, -0.15) is 4.39 Å². The molecule has 1 aliphatic rings. The lowest BCUT2D eigenvalue weighted by Gasteiger charge is -2.06. The molecule has 0 bridgehead atoms. The molecule has 2 aromatic carbocycles. The van der Waals surface area contributed by atoms with Crippen LogP contribution in [-0.2, 0) is 0 Å². The lowest BCUT2D eigenvalue weighted by molar-refractivity contribution is 0.484. The van der Waals surface area contributed by atoms with Gasteiger partial charge < -0.3 is 4.74 Å². The third-order valence-corrected chi connectivity index (χ3v) is 2.41. The van der Waals surface area contributed by atoms with Gasteiger partial charge in [-0.25, -0.2) is 4.99 Å². The Kier molecular flexibility index (Phi) is 1.96. The molecule has 1 aliphatic heterocycles. The molecule has 0 saturated heterocycles. The summed E-state index contributed by atoms with van der Waals surface area (Å²) in [5.74, 6) is 0.553. The van der Waals surface area contributed by atoms with Gasteiger partial charge in [0.05, 0.1) is 5.56 Å². The van der Waals surface area contributed by atoms with Crippen LogP contribution in [0.1, 0.15) is 5.56 Å². The normalized spacial score (nSPS) is 12.9. The number of benzene rings is 2. The van der Waals surface area contributed by atoms with Crippen molar-refractivity contribution in [3.05, 3.63) is 54.1 Å². The van der Waals surface area contributed by atoms with Crippen LogP contribution in [0.15, 0.2) is 53.5 Å². The molecule has 0 aromatic heterocycles. The van der Waals surface area contributed by atoms with E-state index in [-0.39, 0.29) is 0 Å². The standard InChI is InChI=1S/C13H8FNO/c14-13-9-5-1-3-7-11(9)16-12-8-4-2-6-10(12)15-13/h1-8H. The van der Waals surface area contributed by atoms with Gasteiger partial charge in [-0.05, 0) is 24.3 Å². The molecule has 16 heavy (non-hydrogen) atoms. The minimum atomic E-state index is -0.513. The molecular formula is C13H8FNO. The Morgan fingerprint density at radius 1 is 0.875 bits per heavy atom. The Balaban J connectivity index is 2.25. The average molecular weight is 213 g/mol. The Morgan fingerprint density at radius 2 is 1.56 bits per heavy atom. The molecule has 0 fully saturated rings. The fourth-order valence-corrected chi connectivity index (χ4v) is 1.65. The maximum Gasteiger partial charge on any atom is 0.224 e. The predicted molar refractivity (Wildman–Crippen MR) is 60.3 cm³/mol. The van der Waals surface area contributed by atoms with Crippen LogP contribution in [0.25, 0.3) is 0 Å². The van der Waals surface area contributed by atoms with E-state index < -0.39 is 5.97 Å². The first-order chi connectivity index (χ1) is 7.84. The van der Waals surface area contributed by atoms with Gasteiger partial charge in [-0.15, -0.1) is 0 Å². The maximum absolute atomic E-state index is 13.8. The van der Waals surface area contributed by atoms with Gasteiger partial charge in [0.25, 0.3) is 0 Å². The molecule has 2 nitrogen and oxygen atoms in total. The maximum atomic E-state index is 13.8. The second kappa shape index (κ2) is 3.45. The molecule has 0 spiro atoms. The predicted octanol–water partition coefficient (Wildman–Crippen LogP) is 3.84. The van der Waals surface area contributed by atoms with E-state index in [9.17, 15) is 4.39 Å². The van der Waals surface area contributed by atoms with E-state index in [1.165, 1.54) is 0 Å². The van der Waals surface area contributed by atoms with Crippen molar-refractivity contribution in [2.24, 2.45) is 4.99 Å². The lowest BCUT2D eigenvalue weighted by Crippen LogP contribution is -1.93. The van der Waals surface area contributed by atoms with Crippen molar-refractivity contribution in [1.82, 2.24) is 0 Å². The Morgan fingerprint density at radius 3 is 2.44 bits per heavy atom. The van der Waals surface area contributed by atoms with E-state index in [2.05, 4.69) is 4.99 Å². The van der Waals surface area contributed by atoms with Gasteiger partial charge in [-0.3, -0.25) is 0 Å². The van der Waals surface area contributed by atoms with Gasteiger partial charge in [0.2, 0.25) is 5.97 Å². The summed E-state index contributed by atoms with van der Waals surface area (Å²) in [6.07, 6.45) is 0. The summed E-state index contributed by atoms with van der Waals surface area (Å²) < 4.78 is 19.4. The highest BCUT2D eigenvalue weighted by Crippen LogP contribution is 2.37. The molecule has 0 atom stereocenters. The SMILES string of the molecule is FC1=Nc2ccccc2Oc2ccccc21. The number of hydrogen-bond donors (Lipinski definition) is 0. The molecule has 3 heteroatoms. The zero-order valence-corrected chi connectivity index (χ0v) is 8.35. The van der Waals surface area contributed by atoms with Gasteiger partial charge in [0.1, 0.15) is 11.4 Å². The van der Waals surface area contributed by atoms with E-state index in [0.29, 0.717) is 22.7 Å². The summed E-state index contributed by atoms with van der Waals surface area (Å²) >= 11 is 0. The molecular weight excluding hydrogens is 205 g/mol. The van der Waals surface area contributed by atoms with Crippen LogP contribution in [-0.4, -0.2) is 5.97 Å². The molecule has 0 N–H and O–H groups in total. The summed E-state index contributed by atoms with van der Waals surface area (Å²) in [4.78, 5) is 3.91. The summed E-state index contributed by atoms with van der Waals surface area (Å²) in [5, 5.41) is 0. The summed E-state index contributed by atoms with van der Waals surface area (Å²) in [7, 11) is 0. The van der Waals surface area contributed by atoms with E-state index in [1.807, 2.05) is 6.07 Å². The second-order valence-electron chi connectivity index (χ2n) is 3.47. The van der Waals surface area contributed by atoms with E-state index in [0.717, 1.165) is 0 Å². The Labute approximate surface area is 92.0 Å². The quantitative estimate of drug-likeness (QED) is 0.651. The smallest absolute Gasteiger partial charge is 0.224 e. The number of fused-ring (bicyclic) bond motifs is 2. The van der Waals surface area contributed by atoms with Crippen LogP contribution in [0, 0.1) is 0 Å². The fraction of sp³-hybridized carbons (Fsp3) is 0. The average Bonchev–Trinajstić information content (AvgIpc) is 2.45. The van der Waals surface area contributed by atoms with Crippen molar-refractivity contribution in [1.29, 1.82) is 0 Å². The monoisotopic (exact) mass is 213 g/mol. The molecule has 0 radical (unpaired) electrons. The third kappa shape index (κ3) is 1.37. The highest BCUT2D eigenvalue weighted by molar-refractivity contribution is 5.98. The van der Waals surface area contributed by atoms with Crippen molar-refractivity contribution in [3.63, 3.8) is 0 Å². The summed E-state index contributed by atoms with van der Waals surface area (Å²) in [6.45, 7) is 0. The summed E-state index contributed by atoms with van der Waals surface area (Å²) in [6, 6.07) is 14.1. The first-order valence-electron chi connectivity index (χ1n) is 4.95. The molecule has 1 heterocycles. The molecule has 0 aliphatic carbocycles. The van der Waals surface area contributed by atoms with Crippen molar-refractivity contribution >= 4 is 11.7 Å². The van der Waals surface area contributed by atoms with Crippen LogP contribution >= 0.6 is 0 Å². The van der Waals surface area contributed by atoms with Crippen molar-refractivity contribution in [2.75, 3.05) is 0 Å². The largest absolute Gasteiger partial charge is 0.454 e. The van der Waals surface area contributed by atoms with Gasteiger partial charge in [-0.1, -0.05) is 24.3 Å².